The predicted molar refractivity (Wildman–Crippen MR) is 119 cm³/mol. The summed E-state index contributed by atoms with van der Waals surface area (Å²) in [6, 6.07) is 8.63. The van der Waals surface area contributed by atoms with Crippen LogP contribution in [0.3, 0.4) is 0 Å². The first-order valence-corrected chi connectivity index (χ1v) is 11.0. The Morgan fingerprint density at radius 3 is 2.32 bits per heavy atom. The van der Waals surface area contributed by atoms with Gasteiger partial charge in [0.15, 0.2) is 0 Å². The number of amides is 1. The molecule has 0 unspecified atom stereocenters. The molecule has 1 heterocycles. The standard InChI is InChI=1S/C23H25Cl2F3N2O/c1-15-8-10-30(11-9-15)14-17-3-6-19(13-21(17)25)29-22(31)7-4-16-2-5-18(12-20(16)24)23(26,27)28/h2-3,5-6,12-13,15H,4,7-11,14H2,1H3,(H,29,31). The van der Waals surface area contributed by atoms with Crippen LogP contribution in [0.15, 0.2) is 36.4 Å². The Hall–Kier alpha value is -1.76. The minimum Gasteiger partial charge on any atom is -0.326 e. The number of benzene rings is 2. The predicted octanol–water partition coefficient (Wildman–Crippen LogP) is 6.82. The Morgan fingerprint density at radius 2 is 1.71 bits per heavy atom. The zero-order valence-corrected chi connectivity index (χ0v) is 18.7. The van der Waals surface area contributed by atoms with Crippen molar-refractivity contribution in [3.8, 4) is 0 Å². The quantitative estimate of drug-likeness (QED) is 0.500. The number of nitrogens with one attached hydrogen (secondary N) is 1. The number of nitrogens with zero attached hydrogens (tertiary/aromatic N) is 1. The van der Waals surface area contributed by atoms with Gasteiger partial charge in [-0.3, -0.25) is 9.69 Å². The fraction of sp³-hybridized carbons (Fsp3) is 0.435. The van der Waals surface area contributed by atoms with Crippen molar-refractivity contribution in [2.75, 3.05) is 18.4 Å². The zero-order chi connectivity index (χ0) is 22.6. The van der Waals surface area contributed by atoms with Crippen molar-refractivity contribution in [3.63, 3.8) is 0 Å². The first kappa shape index (κ1) is 23.9. The van der Waals surface area contributed by atoms with E-state index in [4.69, 9.17) is 23.2 Å². The number of piperidine rings is 1. The van der Waals surface area contributed by atoms with Crippen LogP contribution in [0.2, 0.25) is 10.0 Å². The lowest BCUT2D eigenvalue weighted by Gasteiger charge is -2.30. The molecule has 0 radical (unpaired) electrons. The highest BCUT2D eigenvalue weighted by Crippen LogP contribution is 2.32. The van der Waals surface area contributed by atoms with Gasteiger partial charge in [-0.05, 0) is 73.7 Å². The van der Waals surface area contributed by atoms with Crippen molar-refractivity contribution in [1.82, 2.24) is 4.90 Å². The second-order valence-electron chi connectivity index (χ2n) is 8.12. The molecule has 0 atom stereocenters. The summed E-state index contributed by atoms with van der Waals surface area (Å²) in [5.74, 6) is 0.506. The molecule has 31 heavy (non-hydrogen) atoms. The van der Waals surface area contributed by atoms with E-state index in [-0.39, 0.29) is 23.8 Å². The highest BCUT2D eigenvalue weighted by Gasteiger charge is 2.30. The maximum Gasteiger partial charge on any atom is 0.416 e. The van der Waals surface area contributed by atoms with Crippen LogP contribution in [-0.4, -0.2) is 23.9 Å². The molecule has 3 nitrogen and oxygen atoms in total. The van der Waals surface area contributed by atoms with Crippen LogP contribution >= 0.6 is 23.2 Å². The molecule has 2 aromatic rings. The molecule has 3 rings (SSSR count). The van der Waals surface area contributed by atoms with Gasteiger partial charge in [0.05, 0.1) is 5.56 Å². The molecule has 2 aromatic carbocycles. The van der Waals surface area contributed by atoms with Gasteiger partial charge in [-0.2, -0.15) is 13.2 Å². The largest absolute Gasteiger partial charge is 0.416 e. The third kappa shape index (κ3) is 6.86. The van der Waals surface area contributed by atoms with Gasteiger partial charge in [-0.15, -0.1) is 0 Å². The summed E-state index contributed by atoms with van der Waals surface area (Å²) in [7, 11) is 0. The number of hydrogen-bond acceptors (Lipinski definition) is 2. The van der Waals surface area contributed by atoms with Crippen molar-refractivity contribution >= 4 is 34.8 Å². The number of aryl methyl sites for hydroxylation is 1. The van der Waals surface area contributed by atoms with Gasteiger partial charge in [-0.1, -0.05) is 42.3 Å². The summed E-state index contributed by atoms with van der Waals surface area (Å²) < 4.78 is 38.2. The Kier molecular flexibility index (Phi) is 7.89. The van der Waals surface area contributed by atoms with Gasteiger partial charge in [-0.25, -0.2) is 0 Å². The van der Waals surface area contributed by atoms with Gasteiger partial charge in [0.2, 0.25) is 5.91 Å². The van der Waals surface area contributed by atoms with Crippen LogP contribution in [0, 0.1) is 5.92 Å². The van der Waals surface area contributed by atoms with Crippen LogP contribution in [0.5, 0.6) is 0 Å². The van der Waals surface area contributed by atoms with Gasteiger partial charge in [0.25, 0.3) is 0 Å². The van der Waals surface area contributed by atoms with E-state index in [0.29, 0.717) is 16.3 Å². The molecule has 1 amide bonds. The molecule has 1 aliphatic rings. The smallest absolute Gasteiger partial charge is 0.326 e. The van der Waals surface area contributed by atoms with E-state index in [1.165, 1.54) is 18.9 Å². The molecule has 8 heteroatoms. The van der Waals surface area contributed by atoms with Crippen molar-refractivity contribution in [1.29, 1.82) is 0 Å². The topological polar surface area (TPSA) is 32.3 Å². The van der Waals surface area contributed by atoms with E-state index in [9.17, 15) is 18.0 Å². The Balaban J connectivity index is 1.53. The number of carbonyl (C=O) groups excluding carboxylic acids is 1. The summed E-state index contributed by atoms with van der Waals surface area (Å²) in [4.78, 5) is 14.7. The zero-order valence-electron chi connectivity index (χ0n) is 17.2. The van der Waals surface area contributed by atoms with Gasteiger partial charge < -0.3 is 5.32 Å². The SMILES string of the molecule is CC1CCN(Cc2ccc(NC(=O)CCc3ccc(C(F)(F)F)cc3Cl)cc2Cl)CC1. The molecule has 0 saturated carbocycles. The average molecular weight is 473 g/mol. The number of anilines is 1. The lowest BCUT2D eigenvalue weighted by molar-refractivity contribution is -0.137. The third-order valence-corrected chi connectivity index (χ3v) is 6.31. The number of halogens is 5. The molecule has 0 aliphatic carbocycles. The molecule has 0 aromatic heterocycles. The van der Waals surface area contributed by atoms with Gasteiger partial charge in [0, 0.05) is 28.7 Å². The summed E-state index contributed by atoms with van der Waals surface area (Å²) in [6.45, 7) is 5.17. The normalized spacial score (nSPS) is 15.8. The van der Waals surface area contributed by atoms with Crippen LogP contribution in [0.25, 0.3) is 0 Å². The summed E-state index contributed by atoms with van der Waals surface area (Å²) in [5.41, 5.74) is 1.30. The Morgan fingerprint density at radius 1 is 1.06 bits per heavy atom. The number of carbonyl (C=O) groups is 1. The van der Waals surface area contributed by atoms with E-state index < -0.39 is 11.7 Å². The number of hydrogen-bond donors (Lipinski definition) is 1. The lowest BCUT2D eigenvalue weighted by Crippen LogP contribution is -2.32. The first-order valence-electron chi connectivity index (χ1n) is 10.3. The maximum absolute atomic E-state index is 12.7. The Labute approximate surface area is 190 Å². The van der Waals surface area contributed by atoms with Crippen molar-refractivity contribution in [3.05, 3.63) is 63.1 Å². The van der Waals surface area contributed by atoms with Gasteiger partial charge in [0.1, 0.15) is 0 Å². The molecule has 1 aliphatic heterocycles. The third-order valence-electron chi connectivity index (χ3n) is 5.61. The van der Waals surface area contributed by atoms with E-state index >= 15 is 0 Å². The molecular weight excluding hydrogens is 448 g/mol. The molecule has 1 saturated heterocycles. The van der Waals surface area contributed by atoms with Crippen LogP contribution < -0.4 is 5.32 Å². The summed E-state index contributed by atoms with van der Waals surface area (Å²) in [5, 5.41) is 3.39. The molecule has 1 N–H and O–H groups in total. The minimum absolute atomic E-state index is 0.00197. The highest BCUT2D eigenvalue weighted by atomic mass is 35.5. The van der Waals surface area contributed by atoms with Crippen molar-refractivity contribution in [2.45, 2.75) is 45.3 Å². The minimum atomic E-state index is -4.45. The van der Waals surface area contributed by atoms with Crippen LogP contribution in [0.1, 0.15) is 42.9 Å². The highest BCUT2D eigenvalue weighted by molar-refractivity contribution is 6.32. The molecule has 168 valence electrons. The monoisotopic (exact) mass is 472 g/mol. The van der Waals surface area contributed by atoms with Crippen LogP contribution in [-0.2, 0) is 23.9 Å². The lowest BCUT2D eigenvalue weighted by atomic mass is 9.99. The van der Waals surface area contributed by atoms with Gasteiger partial charge >= 0.3 is 6.18 Å². The van der Waals surface area contributed by atoms with E-state index in [1.54, 1.807) is 6.07 Å². The van der Waals surface area contributed by atoms with Crippen LogP contribution in [0.4, 0.5) is 18.9 Å². The fourth-order valence-corrected chi connectivity index (χ4v) is 4.13. The Bertz CT molecular complexity index is 926. The average Bonchev–Trinajstić information content (AvgIpc) is 2.70. The maximum atomic E-state index is 12.7. The number of likely N-dealkylation sites (tertiary alicyclic amines) is 1. The molecule has 1 fully saturated rings. The molecule has 0 spiro atoms. The van der Waals surface area contributed by atoms with E-state index in [1.807, 2.05) is 12.1 Å². The van der Waals surface area contributed by atoms with E-state index in [2.05, 4.69) is 17.1 Å². The van der Waals surface area contributed by atoms with Crippen molar-refractivity contribution in [2.24, 2.45) is 5.92 Å². The van der Waals surface area contributed by atoms with E-state index in [0.717, 1.165) is 43.2 Å². The number of alkyl halides is 3. The summed E-state index contributed by atoms with van der Waals surface area (Å²) in [6.07, 6.45) is -1.74. The first-order chi connectivity index (χ1) is 14.6. The molecule has 0 bridgehead atoms. The fourth-order valence-electron chi connectivity index (χ4n) is 3.61. The number of rotatable bonds is 6. The second kappa shape index (κ2) is 10.2. The summed E-state index contributed by atoms with van der Waals surface area (Å²) >= 11 is 12.4. The van der Waals surface area contributed by atoms with Crippen molar-refractivity contribution < 1.29 is 18.0 Å². The second-order valence-corrected chi connectivity index (χ2v) is 8.93. The molecular formula is C23H25Cl2F3N2O.